The van der Waals surface area contributed by atoms with Crippen LogP contribution in [0.2, 0.25) is 6.55 Å². The van der Waals surface area contributed by atoms with Crippen molar-refractivity contribution in [2.45, 2.75) is 46.3 Å². The summed E-state index contributed by atoms with van der Waals surface area (Å²) in [6, 6.07) is 0. The number of hydrogen-bond acceptors (Lipinski definition) is 4. The first-order valence-electron chi connectivity index (χ1n) is 5.64. The molecule has 4 nitrogen and oxygen atoms in total. The molecule has 0 saturated heterocycles. The van der Waals surface area contributed by atoms with Gasteiger partial charge in [0.1, 0.15) is 0 Å². The van der Waals surface area contributed by atoms with E-state index in [1.54, 1.807) is 0 Å². The Kier molecular flexibility index (Phi) is 8.27. The highest BCUT2D eigenvalue weighted by Crippen LogP contribution is 2.14. The lowest BCUT2D eigenvalue weighted by atomic mass is 10.2. The molecule has 5 heteroatoms. The molecule has 0 aromatic heterocycles. The van der Waals surface area contributed by atoms with Crippen LogP contribution in [-0.2, 0) is 13.3 Å². The zero-order valence-corrected chi connectivity index (χ0v) is 11.3. The molecular weight excluding hydrogens is 212 g/mol. The molecule has 0 radical (unpaired) electrons. The minimum atomic E-state index is -2.44. The van der Waals surface area contributed by atoms with Crippen molar-refractivity contribution in [2.75, 3.05) is 19.8 Å². The van der Waals surface area contributed by atoms with Gasteiger partial charge in [0.25, 0.3) is 0 Å². The van der Waals surface area contributed by atoms with Crippen molar-refractivity contribution < 1.29 is 18.4 Å². The topological polar surface area (TPSA) is 47.9 Å². The van der Waals surface area contributed by atoms with Gasteiger partial charge in [-0.1, -0.05) is 0 Å². The van der Waals surface area contributed by atoms with Crippen LogP contribution in [0.4, 0.5) is 0 Å². The molecule has 0 rings (SSSR count). The Hall–Kier alpha value is 0.0569. The highest BCUT2D eigenvalue weighted by Gasteiger charge is 2.35. The minimum absolute atomic E-state index is 0.0758. The maximum absolute atomic E-state index is 8.71. The molecule has 0 aromatic carbocycles. The summed E-state index contributed by atoms with van der Waals surface area (Å²) in [7, 11) is -2.44. The molecular formula is C10H24O4Si. The van der Waals surface area contributed by atoms with Crippen molar-refractivity contribution in [1.29, 1.82) is 0 Å². The van der Waals surface area contributed by atoms with Crippen molar-refractivity contribution >= 4 is 8.80 Å². The van der Waals surface area contributed by atoms with Gasteiger partial charge >= 0.3 is 8.80 Å². The Labute approximate surface area is 93.9 Å². The van der Waals surface area contributed by atoms with E-state index in [0.717, 1.165) is 12.8 Å². The monoisotopic (exact) mass is 236 g/mol. The number of rotatable bonds is 9. The highest BCUT2D eigenvalue weighted by molar-refractivity contribution is 6.59. The van der Waals surface area contributed by atoms with Gasteiger partial charge in [-0.05, 0) is 33.6 Å². The van der Waals surface area contributed by atoms with Crippen LogP contribution in [0.15, 0.2) is 0 Å². The summed E-state index contributed by atoms with van der Waals surface area (Å²) >= 11 is 0. The Bertz CT molecular complexity index is 148. The molecule has 0 aromatic rings. The summed E-state index contributed by atoms with van der Waals surface area (Å²) in [6.45, 7) is 9.19. The Balaban J connectivity index is 4.02. The first-order chi connectivity index (χ1) is 7.08. The fraction of sp³-hybridized carbons (Fsp3) is 1.00. The van der Waals surface area contributed by atoms with Crippen LogP contribution in [0.5, 0.6) is 0 Å². The molecule has 92 valence electrons. The van der Waals surface area contributed by atoms with Crippen LogP contribution in [-0.4, -0.2) is 39.8 Å². The van der Waals surface area contributed by atoms with Gasteiger partial charge in [-0.25, -0.2) is 0 Å². The first-order valence-corrected chi connectivity index (χ1v) is 7.87. The quantitative estimate of drug-likeness (QED) is 0.620. The van der Waals surface area contributed by atoms with E-state index in [-0.39, 0.29) is 12.7 Å². The summed E-state index contributed by atoms with van der Waals surface area (Å²) in [6.07, 6.45) is 1.66. The molecule has 1 N–H and O–H groups in total. The molecule has 0 saturated carbocycles. The lowest BCUT2D eigenvalue weighted by molar-refractivity contribution is 0.0392. The SMILES string of the molecule is CCO[Si](C)(OCC)OC(C)CCCO. The standard InChI is InChI=1S/C10H24O4Si/c1-5-12-15(4,13-6-2)14-10(3)8-7-9-11/h10-11H,5-9H2,1-4H3. The lowest BCUT2D eigenvalue weighted by Gasteiger charge is -2.28. The third kappa shape index (κ3) is 7.02. The molecule has 0 fully saturated rings. The van der Waals surface area contributed by atoms with Crippen LogP contribution in [0.25, 0.3) is 0 Å². The smallest absolute Gasteiger partial charge is 0.396 e. The second-order valence-electron chi connectivity index (χ2n) is 3.52. The minimum Gasteiger partial charge on any atom is -0.396 e. The fourth-order valence-corrected chi connectivity index (χ4v) is 3.55. The van der Waals surface area contributed by atoms with Crippen LogP contribution in [0, 0.1) is 0 Å². The van der Waals surface area contributed by atoms with E-state index in [9.17, 15) is 0 Å². The third-order valence-corrected chi connectivity index (χ3v) is 4.45. The van der Waals surface area contributed by atoms with E-state index >= 15 is 0 Å². The van der Waals surface area contributed by atoms with Crippen molar-refractivity contribution in [1.82, 2.24) is 0 Å². The Morgan fingerprint density at radius 1 is 1.20 bits per heavy atom. The van der Waals surface area contributed by atoms with E-state index in [1.807, 2.05) is 27.3 Å². The number of hydrogen-bond donors (Lipinski definition) is 1. The summed E-state index contributed by atoms with van der Waals surface area (Å²) in [5.74, 6) is 0. The van der Waals surface area contributed by atoms with Gasteiger partial charge < -0.3 is 18.4 Å². The third-order valence-electron chi connectivity index (χ3n) is 2.00. The molecule has 0 bridgehead atoms. The number of aliphatic hydroxyl groups is 1. The highest BCUT2D eigenvalue weighted by atomic mass is 28.4. The van der Waals surface area contributed by atoms with Crippen molar-refractivity contribution in [3.63, 3.8) is 0 Å². The summed E-state index contributed by atoms with van der Waals surface area (Å²) in [4.78, 5) is 0. The predicted octanol–water partition coefficient (Wildman–Crippen LogP) is 1.81. The maximum Gasteiger partial charge on any atom is 0.497 e. The second-order valence-corrected chi connectivity index (χ2v) is 6.06. The summed E-state index contributed by atoms with van der Waals surface area (Å²) < 4.78 is 16.9. The van der Waals surface area contributed by atoms with Gasteiger partial charge in [-0.3, -0.25) is 0 Å². The summed E-state index contributed by atoms with van der Waals surface area (Å²) in [5.41, 5.74) is 0. The van der Waals surface area contributed by atoms with Gasteiger partial charge in [0.15, 0.2) is 0 Å². The van der Waals surface area contributed by atoms with E-state index in [0.29, 0.717) is 13.2 Å². The van der Waals surface area contributed by atoms with Crippen molar-refractivity contribution in [2.24, 2.45) is 0 Å². The Morgan fingerprint density at radius 3 is 2.13 bits per heavy atom. The van der Waals surface area contributed by atoms with Gasteiger partial charge in [0.05, 0.1) is 0 Å². The molecule has 1 unspecified atom stereocenters. The van der Waals surface area contributed by atoms with Crippen molar-refractivity contribution in [3.05, 3.63) is 0 Å². The van der Waals surface area contributed by atoms with Crippen LogP contribution >= 0.6 is 0 Å². The lowest BCUT2D eigenvalue weighted by Crippen LogP contribution is -2.45. The van der Waals surface area contributed by atoms with Gasteiger partial charge in [-0.15, -0.1) is 0 Å². The van der Waals surface area contributed by atoms with E-state index < -0.39 is 8.80 Å². The van der Waals surface area contributed by atoms with Crippen LogP contribution in [0.1, 0.15) is 33.6 Å². The zero-order valence-electron chi connectivity index (χ0n) is 10.3. The number of aliphatic hydroxyl groups excluding tert-OH is 1. The van der Waals surface area contributed by atoms with E-state index in [4.69, 9.17) is 18.4 Å². The maximum atomic E-state index is 8.71. The van der Waals surface area contributed by atoms with Crippen LogP contribution in [0.3, 0.4) is 0 Å². The fourth-order valence-electron chi connectivity index (χ4n) is 1.44. The normalized spacial score (nSPS) is 14.2. The molecule has 0 aliphatic heterocycles. The average molecular weight is 236 g/mol. The molecule has 0 heterocycles. The molecule has 0 aliphatic rings. The largest absolute Gasteiger partial charge is 0.497 e. The van der Waals surface area contributed by atoms with Crippen molar-refractivity contribution in [3.8, 4) is 0 Å². The predicted molar refractivity (Wildman–Crippen MR) is 61.7 cm³/mol. The van der Waals surface area contributed by atoms with Crippen LogP contribution < -0.4 is 0 Å². The van der Waals surface area contributed by atoms with Gasteiger partial charge in [0, 0.05) is 32.5 Å². The van der Waals surface area contributed by atoms with E-state index in [1.165, 1.54) is 0 Å². The molecule has 15 heavy (non-hydrogen) atoms. The second kappa shape index (κ2) is 8.24. The van der Waals surface area contributed by atoms with Gasteiger partial charge in [0.2, 0.25) is 0 Å². The van der Waals surface area contributed by atoms with E-state index in [2.05, 4.69) is 0 Å². The average Bonchev–Trinajstić information content (AvgIpc) is 2.15. The molecule has 0 amide bonds. The zero-order chi connectivity index (χ0) is 11.7. The first kappa shape index (κ1) is 15.1. The molecule has 1 atom stereocenters. The molecule has 0 aliphatic carbocycles. The Morgan fingerprint density at radius 2 is 1.73 bits per heavy atom. The molecule has 0 spiro atoms. The van der Waals surface area contributed by atoms with Gasteiger partial charge in [-0.2, -0.15) is 0 Å². The summed E-state index contributed by atoms with van der Waals surface area (Å²) in [5, 5.41) is 8.71.